The Bertz CT molecular complexity index is 483. The van der Waals surface area contributed by atoms with Crippen molar-refractivity contribution in [2.75, 3.05) is 0 Å². The van der Waals surface area contributed by atoms with Crippen molar-refractivity contribution in [3.63, 3.8) is 0 Å². The highest BCUT2D eigenvalue weighted by molar-refractivity contribution is 5.17. The lowest BCUT2D eigenvalue weighted by molar-refractivity contribution is 0.108. The van der Waals surface area contributed by atoms with Gasteiger partial charge in [-0.25, -0.2) is 0 Å². The third kappa shape index (κ3) is 1.94. The molecule has 2 aliphatic rings. The first-order valence-electron chi connectivity index (χ1n) is 7.55. The first-order chi connectivity index (χ1) is 8.83. The molecule has 0 aromatic carbocycles. The molecule has 3 nitrogen and oxygen atoms in total. The highest BCUT2D eigenvalue weighted by Gasteiger charge is 2.58. The van der Waals surface area contributed by atoms with Crippen LogP contribution in [0, 0.1) is 23.7 Å². The van der Waals surface area contributed by atoms with Crippen molar-refractivity contribution in [2.45, 2.75) is 59.5 Å². The van der Waals surface area contributed by atoms with Gasteiger partial charge in [0.2, 0.25) is 0 Å². The van der Waals surface area contributed by atoms with Crippen LogP contribution in [-0.2, 0) is 13.6 Å². The average molecular weight is 261 g/mol. The summed E-state index contributed by atoms with van der Waals surface area (Å²) in [7, 11) is 2.00. The first kappa shape index (κ1) is 13.2. The molecule has 3 unspecified atom stereocenters. The summed E-state index contributed by atoms with van der Waals surface area (Å²) in [5.41, 5.74) is 3.43. The summed E-state index contributed by atoms with van der Waals surface area (Å²) < 4.78 is 1.92. The highest BCUT2D eigenvalue weighted by atomic mass is 15.3. The molecule has 2 saturated carbocycles. The highest BCUT2D eigenvalue weighted by Crippen LogP contribution is 2.62. The van der Waals surface area contributed by atoms with Gasteiger partial charge in [-0.1, -0.05) is 20.8 Å². The Hall–Kier alpha value is -0.830. The van der Waals surface area contributed by atoms with Crippen molar-refractivity contribution in [1.29, 1.82) is 0 Å². The second-order valence-corrected chi connectivity index (χ2v) is 7.64. The Morgan fingerprint density at radius 1 is 1.42 bits per heavy atom. The minimum atomic E-state index is 0.434. The van der Waals surface area contributed by atoms with Gasteiger partial charge in [0.05, 0.1) is 5.69 Å². The van der Waals surface area contributed by atoms with Crippen LogP contribution in [0.15, 0.2) is 6.20 Å². The number of hydrogen-bond acceptors (Lipinski definition) is 2. The van der Waals surface area contributed by atoms with Crippen LogP contribution in [0.5, 0.6) is 0 Å². The van der Waals surface area contributed by atoms with Crippen LogP contribution in [0.1, 0.15) is 51.3 Å². The maximum absolute atomic E-state index is 4.43. The third-order valence-electron chi connectivity index (χ3n) is 5.88. The van der Waals surface area contributed by atoms with E-state index < -0.39 is 0 Å². The molecule has 0 radical (unpaired) electrons. The average Bonchev–Trinajstić information content (AvgIpc) is 2.88. The molecular weight excluding hydrogens is 234 g/mol. The van der Waals surface area contributed by atoms with Gasteiger partial charge in [0.1, 0.15) is 0 Å². The summed E-state index contributed by atoms with van der Waals surface area (Å²) in [6.45, 7) is 10.4. The van der Waals surface area contributed by atoms with Crippen LogP contribution in [0.3, 0.4) is 0 Å². The number of nitrogens with one attached hydrogen (secondary N) is 1. The van der Waals surface area contributed by atoms with Crippen molar-refractivity contribution >= 4 is 0 Å². The Kier molecular flexibility index (Phi) is 2.83. The van der Waals surface area contributed by atoms with E-state index in [1.807, 2.05) is 11.7 Å². The van der Waals surface area contributed by atoms with Gasteiger partial charge in [-0.2, -0.15) is 5.10 Å². The second-order valence-electron chi connectivity index (χ2n) is 7.64. The summed E-state index contributed by atoms with van der Waals surface area (Å²) in [6, 6.07) is 0.637. The Morgan fingerprint density at radius 2 is 2.16 bits per heavy atom. The summed E-state index contributed by atoms with van der Waals surface area (Å²) in [6.07, 6.45) is 6.37. The largest absolute Gasteiger partial charge is 0.309 e. The zero-order chi connectivity index (χ0) is 13.8. The normalized spacial score (nSPS) is 36.1. The summed E-state index contributed by atoms with van der Waals surface area (Å²) in [5.74, 6) is 0.907. The van der Waals surface area contributed by atoms with Gasteiger partial charge in [0.15, 0.2) is 0 Å². The van der Waals surface area contributed by atoms with E-state index in [-0.39, 0.29) is 0 Å². The van der Waals surface area contributed by atoms with E-state index in [1.54, 1.807) is 0 Å². The summed E-state index contributed by atoms with van der Waals surface area (Å²) in [5, 5.41) is 8.30. The van der Waals surface area contributed by atoms with Crippen molar-refractivity contribution in [1.82, 2.24) is 15.1 Å². The second kappa shape index (κ2) is 4.08. The fourth-order valence-electron chi connectivity index (χ4n) is 4.85. The van der Waals surface area contributed by atoms with E-state index in [2.05, 4.69) is 44.3 Å². The van der Waals surface area contributed by atoms with Crippen LogP contribution in [0.2, 0.25) is 0 Å². The zero-order valence-electron chi connectivity index (χ0n) is 13.0. The van der Waals surface area contributed by atoms with Crippen LogP contribution in [-0.4, -0.2) is 15.8 Å². The molecular formula is C16H27N3. The number of rotatable bonds is 3. The molecule has 106 valence electrons. The topological polar surface area (TPSA) is 29.9 Å². The number of aromatic nitrogens is 2. The minimum Gasteiger partial charge on any atom is -0.309 e. The van der Waals surface area contributed by atoms with Crippen molar-refractivity contribution in [3.8, 4) is 0 Å². The lowest BCUT2D eigenvalue weighted by Gasteiger charge is -2.43. The Balaban J connectivity index is 1.75. The van der Waals surface area contributed by atoms with E-state index in [1.165, 1.54) is 24.8 Å². The molecule has 0 saturated heterocycles. The molecule has 2 aliphatic carbocycles. The van der Waals surface area contributed by atoms with Gasteiger partial charge in [-0.15, -0.1) is 0 Å². The maximum atomic E-state index is 4.43. The smallest absolute Gasteiger partial charge is 0.0638 e. The monoisotopic (exact) mass is 261 g/mol. The van der Waals surface area contributed by atoms with E-state index in [9.17, 15) is 0 Å². The molecule has 2 fully saturated rings. The molecule has 0 aliphatic heterocycles. The van der Waals surface area contributed by atoms with Crippen molar-refractivity contribution in [2.24, 2.45) is 23.8 Å². The fourth-order valence-corrected chi connectivity index (χ4v) is 4.85. The summed E-state index contributed by atoms with van der Waals surface area (Å²) >= 11 is 0. The SMILES string of the molecule is Cc1nn(C)cc1CNC1C2(C)CCC(C2)C1(C)C. The van der Waals surface area contributed by atoms with Gasteiger partial charge < -0.3 is 5.32 Å². The van der Waals surface area contributed by atoms with Gasteiger partial charge >= 0.3 is 0 Å². The lowest BCUT2D eigenvalue weighted by atomic mass is 9.68. The van der Waals surface area contributed by atoms with Crippen LogP contribution in [0.25, 0.3) is 0 Å². The number of hydrogen-bond donors (Lipinski definition) is 1. The van der Waals surface area contributed by atoms with Gasteiger partial charge in [-0.3, -0.25) is 4.68 Å². The lowest BCUT2D eigenvalue weighted by Crippen LogP contribution is -2.49. The molecule has 3 rings (SSSR count). The first-order valence-corrected chi connectivity index (χ1v) is 7.55. The molecule has 0 spiro atoms. The molecule has 2 bridgehead atoms. The van der Waals surface area contributed by atoms with Crippen LogP contribution >= 0.6 is 0 Å². The van der Waals surface area contributed by atoms with Gasteiger partial charge in [0.25, 0.3) is 0 Å². The van der Waals surface area contributed by atoms with Crippen LogP contribution < -0.4 is 5.32 Å². The van der Waals surface area contributed by atoms with Crippen LogP contribution in [0.4, 0.5) is 0 Å². The van der Waals surface area contributed by atoms with E-state index >= 15 is 0 Å². The van der Waals surface area contributed by atoms with Crippen molar-refractivity contribution < 1.29 is 0 Å². The van der Waals surface area contributed by atoms with Gasteiger partial charge in [0, 0.05) is 31.4 Å². The zero-order valence-corrected chi connectivity index (χ0v) is 13.0. The van der Waals surface area contributed by atoms with E-state index in [0.29, 0.717) is 16.9 Å². The maximum Gasteiger partial charge on any atom is 0.0638 e. The molecule has 1 aromatic rings. The summed E-state index contributed by atoms with van der Waals surface area (Å²) in [4.78, 5) is 0. The number of nitrogens with zero attached hydrogens (tertiary/aromatic N) is 2. The molecule has 0 amide bonds. The van der Waals surface area contributed by atoms with Gasteiger partial charge in [-0.05, 0) is 42.9 Å². The molecule has 1 N–H and O–H groups in total. The molecule has 1 heterocycles. The standard InChI is InChI=1S/C16H27N3/c1-11-12(10-19(5)18-11)9-17-14-15(2,3)13-6-7-16(14,4)8-13/h10,13-14,17H,6-9H2,1-5H3. The predicted octanol–water partition coefficient (Wildman–Crippen LogP) is 3.03. The quantitative estimate of drug-likeness (QED) is 0.906. The Morgan fingerprint density at radius 3 is 2.68 bits per heavy atom. The molecule has 3 atom stereocenters. The fraction of sp³-hybridized carbons (Fsp3) is 0.812. The molecule has 3 heteroatoms. The van der Waals surface area contributed by atoms with Crippen molar-refractivity contribution in [3.05, 3.63) is 17.5 Å². The number of aryl methyl sites for hydroxylation is 2. The van der Waals surface area contributed by atoms with E-state index in [0.717, 1.165) is 18.2 Å². The third-order valence-corrected chi connectivity index (χ3v) is 5.88. The number of fused-ring (bicyclic) bond motifs is 2. The predicted molar refractivity (Wildman–Crippen MR) is 77.8 cm³/mol. The Labute approximate surface area is 116 Å². The molecule has 19 heavy (non-hydrogen) atoms. The van der Waals surface area contributed by atoms with E-state index in [4.69, 9.17) is 0 Å². The molecule has 1 aromatic heterocycles. The minimum absolute atomic E-state index is 0.434.